The minimum atomic E-state index is -4.51. The molecule has 2 aliphatic carbocycles. The van der Waals surface area contributed by atoms with Crippen molar-refractivity contribution in [3.63, 3.8) is 0 Å². The number of Topliss-reactive ketones (excluding diaryl/α,β-unsaturated/α-hetero) is 1. The zero-order chi connectivity index (χ0) is 41.3. The molecule has 1 aromatic carbocycles. The second kappa shape index (κ2) is 16.3. The van der Waals surface area contributed by atoms with Gasteiger partial charge in [-0.3, -0.25) is 23.7 Å². The number of hydrogen-bond acceptors (Lipinski definition) is 9. The van der Waals surface area contributed by atoms with E-state index in [1.807, 2.05) is 19.9 Å². The number of aromatic nitrogens is 4. The summed E-state index contributed by atoms with van der Waals surface area (Å²) in [4.78, 5) is 57.6. The Morgan fingerprint density at radius 3 is 2.44 bits per heavy atom. The molecule has 6 rings (SSSR count). The van der Waals surface area contributed by atoms with Crippen LogP contribution in [0, 0.1) is 17.3 Å². The summed E-state index contributed by atoms with van der Waals surface area (Å²) in [6, 6.07) is 3.82. The lowest BCUT2D eigenvalue weighted by Gasteiger charge is -2.29. The molecule has 0 spiro atoms. The number of allylic oxidation sites excluding steroid dienone is 2. The first-order valence-corrected chi connectivity index (χ1v) is 21.1. The van der Waals surface area contributed by atoms with Crippen LogP contribution in [0.2, 0.25) is 0 Å². The van der Waals surface area contributed by atoms with E-state index in [2.05, 4.69) is 32.8 Å². The summed E-state index contributed by atoms with van der Waals surface area (Å²) in [6.45, 7) is 13.0. The number of benzene rings is 1. The van der Waals surface area contributed by atoms with Crippen LogP contribution in [-0.2, 0) is 37.0 Å². The Morgan fingerprint density at radius 1 is 1.11 bits per heavy atom. The fourth-order valence-corrected chi connectivity index (χ4v) is 9.22. The van der Waals surface area contributed by atoms with Crippen LogP contribution in [0.1, 0.15) is 102 Å². The number of fused-ring (bicyclic) bond motifs is 1. The lowest BCUT2D eigenvalue weighted by molar-refractivity contribution is -0.142. The predicted octanol–water partition coefficient (Wildman–Crippen LogP) is 6.92. The number of nitrogens with zero attached hydrogens (tertiary/aromatic N) is 5. The van der Waals surface area contributed by atoms with Crippen LogP contribution in [0.15, 0.2) is 62.1 Å². The molecule has 2 amide bonds. The molecule has 1 aliphatic heterocycles. The van der Waals surface area contributed by atoms with Crippen LogP contribution in [-0.4, -0.2) is 73.9 Å². The number of unbranched alkanes of at least 4 members (excludes halogenated alkanes) is 3. The number of halogens is 3. The van der Waals surface area contributed by atoms with Crippen molar-refractivity contribution in [3.05, 3.63) is 73.2 Å². The van der Waals surface area contributed by atoms with E-state index < -0.39 is 67.6 Å². The highest BCUT2D eigenvalue weighted by Crippen LogP contribution is 2.57. The minimum Gasteiger partial charge on any atom is -0.459 e. The third kappa shape index (κ3) is 8.95. The summed E-state index contributed by atoms with van der Waals surface area (Å²) in [5, 5.41) is 0. The van der Waals surface area contributed by atoms with E-state index in [1.54, 1.807) is 23.8 Å². The molecule has 2 saturated carbocycles. The van der Waals surface area contributed by atoms with Gasteiger partial charge in [-0.25, -0.2) is 18.4 Å². The van der Waals surface area contributed by atoms with Crippen LogP contribution >= 0.6 is 0 Å². The lowest BCUT2D eigenvalue weighted by Crippen LogP contribution is -2.47. The average molecular weight is 813 g/mol. The number of ketones is 1. The van der Waals surface area contributed by atoms with Gasteiger partial charge >= 0.3 is 6.18 Å². The van der Waals surface area contributed by atoms with Crippen molar-refractivity contribution in [1.82, 2.24) is 29.1 Å². The van der Waals surface area contributed by atoms with Gasteiger partial charge in [-0.05, 0) is 89.3 Å². The molecule has 2 aromatic heterocycles. The quantitative estimate of drug-likeness (QED) is 0.100. The molecule has 0 radical (unpaired) electrons. The van der Waals surface area contributed by atoms with Gasteiger partial charge in [0.1, 0.15) is 17.9 Å². The number of carbonyl (C=O) groups is 3. The number of likely N-dealkylation sites (tertiary alicyclic amines) is 1. The lowest BCUT2D eigenvalue weighted by atomic mass is 9.89. The van der Waals surface area contributed by atoms with Gasteiger partial charge < -0.3 is 9.64 Å². The molecule has 3 heterocycles. The molecule has 12 nitrogen and oxygen atoms in total. The summed E-state index contributed by atoms with van der Waals surface area (Å²) in [7, 11) is -3.99. The molecule has 0 bridgehead atoms. The molecular formula is C41H51F3N6O6S. The minimum absolute atomic E-state index is 0.000980. The van der Waals surface area contributed by atoms with Crippen molar-refractivity contribution in [2.45, 2.75) is 121 Å². The number of carbonyl (C=O) groups excluding carboxylic acids is 3. The molecule has 308 valence electrons. The molecular weight excluding hydrogens is 762 g/mol. The highest BCUT2D eigenvalue weighted by molar-refractivity contribution is 7.91. The largest absolute Gasteiger partial charge is 0.459 e. The van der Waals surface area contributed by atoms with Crippen molar-refractivity contribution in [1.29, 1.82) is 0 Å². The number of sulfonamides is 1. The van der Waals surface area contributed by atoms with E-state index in [9.17, 15) is 36.0 Å². The van der Waals surface area contributed by atoms with Gasteiger partial charge in [0.15, 0.2) is 11.4 Å². The van der Waals surface area contributed by atoms with Gasteiger partial charge in [-0.1, -0.05) is 37.1 Å². The molecule has 0 unspecified atom stereocenters. The van der Waals surface area contributed by atoms with Crippen LogP contribution < -0.4 is 9.46 Å². The first-order chi connectivity index (χ1) is 26.9. The van der Waals surface area contributed by atoms with Crippen molar-refractivity contribution in [3.8, 4) is 6.01 Å². The molecule has 1 saturated heterocycles. The monoisotopic (exact) mass is 812 g/mol. The summed E-state index contributed by atoms with van der Waals surface area (Å²) < 4.78 is 75.8. The van der Waals surface area contributed by atoms with Crippen molar-refractivity contribution < 1.29 is 40.7 Å². The van der Waals surface area contributed by atoms with Gasteiger partial charge in [0.2, 0.25) is 21.8 Å². The highest BCUT2D eigenvalue weighted by atomic mass is 32.2. The van der Waals surface area contributed by atoms with Crippen LogP contribution in [0.5, 0.6) is 6.01 Å². The molecule has 1 N–H and O–H groups in total. The van der Waals surface area contributed by atoms with Crippen molar-refractivity contribution in [2.75, 3.05) is 6.54 Å². The Balaban J connectivity index is 1.30. The maximum Gasteiger partial charge on any atom is 0.416 e. The molecule has 16 heteroatoms. The van der Waals surface area contributed by atoms with Crippen molar-refractivity contribution in [2.24, 2.45) is 17.3 Å². The van der Waals surface area contributed by atoms with Gasteiger partial charge in [-0.15, -0.1) is 13.2 Å². The van der Waals surface area contributed by atoms with Crippen LogP contribution in [0.3, 0.4) is 0 Å². The maximum absolute atomic E-state index is 14.8. The Kier molecular flexibility index (Phi) is 12.0. The standard InChI is InChI=1S/C41H51F3N6O6S/c1-6-8-9-10-11-12-28(19-27-13-15-30(16-14-27)41(42,43)44)36(52)49-24-31(56-38-47-32-23-45-25-46-35(32)50(38)26(3)4)20-33(49)34(51)22-40(21-29(40)7-2)37(53)48-57(54,55)39(5)17-18-39/h6-7,13-16,23,25-26,28-29,31,33H,1-2,8-12,17-22,24H2,3-5H3,(H,48,53)/t28-,29-,31-,33+,40-/m1/s1. The van der Waals surface area contributed by atoms with Crippen molar-refractivity contribution >= 4 is 38.8 Å². The summed E-state index contributed by atoms with van der Waals surface area (Å²) in [5.74, 6) is -2.67. The Labute approximate surface area is 331 Å². The average Bonchev–Trinajstić information content (AvgIpc) is 3.99. The van der Waals surface area contributed by atoms with E-state index in [4.69, 9.17) is 4.74 Å². The Morgan fingerprint density at radius 2 is 1.82 bits per heavy atom. The molecule has 57 heavy (non-hydrogen) atoms. The first-order valence-electron chi connectivity index (χ1n) is 19.6. The van der Waals surface area contributed by atoms with E-state index in [0.29, 0.717) is 42.4 Å². The number of hydrogen-bond donors (Lipinski definition) is 1. The zero-order valence-electron chi connectivity index (χ0n) is 32.6. The number of alkyl halides is 3. The Hall–Kier alpha value is -4.60. The first kappa shape index (κ1) is 42.0. The maximum atomic E-state index is 14.8. The smallest absolute Gasteiger partial charge is 0.416 e. The normalized spacial score (nSPS) is 23.3. The van der Waals surface area contributed by atoms with E-state index in [0.717, 1.165) is 31.4 Å². The number of rotatable bonds is 19. The fraction of sp³-hybridized carbons (Fsp3) is 0.561. The zero-order valence-corrected chi connectivity index (χ0v) is 33.4. The second-order valence-electron chi connectivity index (χ2n) is 16.3. The number of nitrogens with one attached hydrogen (secondary N) is 1. The Bertz CT molecular complexity index is 2120. The topological polar surface area (TPSA) is 153 Å². The third-order valence-corrected chi connectivity index (χ3v) is 14.0. The highest BCUT2D eigenvalue weighted by Gasteiger charge is 2.62. The molecule has 5 atom stereocenters. The van der Waals surface area contributed by atoms with Gasteiger partial charge in [0, 0.05) is 24.8 Å². The number of imidazole rings is 1. The number of ether oxygens (including phenoxy) is 1. The van der Waals surface area contributed by atoms with Crippen LogP contribution in [0.4, 0.5) is 13.2 Å². The van der Waals surface area contributed by atoms with E-state index in [1.165, 1.54) is 23.4 Å². The van der Waals surface area contributed by atoms with Gasteiger partial charge in [-0.2, -0.15) is 18.2 Å². The molecule has 3 aliphatic rings. The summed E-state index contributed by atoms with van der Waals surface area (Å²) in [6.07, 6.45) is 5.60. The van der Waals surface area contributed by atoms with Crippen LogP contribution in [0.25, 0.3) is 11.2 Å². The summed E-state index contributed by atoms with van der Waals surface area (Å²) in [5.41, 5.74) is -0.548. The number of amides is 2. The second-order valence-corrected chi connectivity index (χ2v) is 18.5. The molecule has 3 aromatic rings. The predicted molar refractivity (Wildman–Crippen MR) is 207 cm³/mol. The molecule has 3 fully saturated rings. The SMILES string of the molecule is C=CCCCCC[C@H](Cc1ccc(C(F)(F)F)cc1)C(=O)N1C[C@H](Oc2nc3cncnc3n2C(C)C)C[C@H]1C(=O)C[C@]1(C(=O)NS(=O)(=O)C2(C)CC2)C[C@H]1C=C. The fourth-order valence-electron chi connectivity index (χ4n) is 7.88. The van der Waals surface area contributed by atoms with Gasteiger partial charge in [0.25, 0.3) is 6.01 Å². The third-order valence-electron chi connectivity index (χ3n) is 11.8. The van der Waals surface area contributed by atoms with E-state index in [-0.39, 0.29) is 50.2 Å². The van der Waals surface area contributed by atoms with Gasteiger partial charge in [0.05, 0.1) is 34.5 Å². The summed E-state index contributed by atoms with van der Waals surface area (Å²) >= 11 is 0. The van der Waals surface area contributed by atoms with E-state index >= 15 is 0 Å².